The Hall–Kier alpha value is -1.80. The molecule has 0 saturated heterocycles. The van der Waals surface area contributed by atoms with Crippen LogP contribution in [-0.2, 0) is 0 Å². The van der Waals surface area contributed by atoms with Crippen LogP contribution in [-0.4, -0.2) is 6.21 Å². The predicted octanol–water partition coefficient (Wildman–Crippen LogP) is 5.70. The molecule has 2 aromatic rings. The van der Waals surface area contributed by atoms with E-state index in [9.17, 15) is 0 Å². The number of nitrogens with zero attached hydrogens (tertiary/aromatic N) is 1. The molecule has 0 saturated carbocycles. The van der Waals surface area contributed by atoms with Gasteiger partial charge >= 0.3 is 0 Å². The van der Waals surface area contributed by atoms with Gasteiger partial charge in [-0.2, -0.15) is 0 Å². The lowest BCUT2D eigenvalue weighted by molar-refractivity contribution is 1.33. The van der Waals surface area contributed by atoms with Gasteiger partial charge in [-0.1, -0.05) is 54.2 Å². The fraction of sp³-hybridized carbons (Fsp3) is 0.167. The van der Waals surface area contributed by atoms with Gasteiger partial charge in [0.25, 0.3) is 0 Å². The molecule has 0 N–H and O–H groups in total. The van der Waals surface area contributed by atoms with Gasteiger partial charge in [0.15, 0.2) is 0 Å². The van der Waals surface area contributed by atoms with Crippen molar-refractivity contribution in [2.24, 2.45) is 4.99 Å². The average molecular weight is 281 g/mol. The van der Waals surface area contributed by atoms with Crippen molar-refractivity contribution >= 4 is 23.7 Å². The van der Waals surface area contributed by atoms with Crippen molar-refractivity contribution in [2.75, 3.05) is 0 Å². The van der Waals surface area contributed by atoms with Crippen LogP contribution >= 0.6 is 11.8 Å². The van der Waals surface area contributed by atoms with E-state index in [1.165, 1.54) is 16.0 Å². The first-order valence-electron chi connectivity index (χ1n) is 6.70. The highest BCUT2D eigenvalue weighted by Crippen LogP contribution is 2.27. The van der Waals surface area contributed by atoms with Crippen molar-refractivity contribution in [1.82, 2.24) is 0 Å². The number of allylic oxidation sites excluding steroid dienone is 2. The van der Waals surface area contributed by atoms with Crippen LogP contribution in [0.25, 0.3) is 0 Å². The molecule has 1 nitrogen and oxygen atoms in total. The molecule has 0 heterocycles. The molecule has 102 valence electrons. The maximum atomic E-state index is 4.66. The summed E-state index contributed by atoms with van der Waals surface area (Å²) in [5, 5.41) is 0. The molecule has 0 aliphatic heterocycles. The quantitative estimate of drug-likeness (QED) is 0.517. The van der Waals surface area contributed by atoms with E-state index in [2.05, 4.69) is 67.4 Å². The van der Waals surface area contributed by atoms with E-state index < -0.39 is 0 Å². The molecule has 2 heteroatoms. The maximum Gasteiger partial charge on any atom is 0.0688 e. The molecule has 0 aliphatic rings. The van der Waals surface area contributed by atoms with Crippen LogP contribution < -0.4 is 0 Å². The van der Waals surface area contributed by atoms with Crippen molar-refractivity contribution < 1.29 is 0 Å². The minimum atomic E-state index is 1.07. The molecule has 0 bridgehead atoms. The third-order valence-electron chi connectivity index (χ3n) is 3.02. The number of para-hydroxylation sites is 1. The highest BCUT2D eigenvalue weighted by atomic mass is 32.2. The Morgan fingerprint density at radius 3 is 2.20 bits per heavy atom. The molecule has 2 rings (SSSR count). The molecule has 0 atom stereocenters. The zero-order chi connectivity index (χ0) is 14.4. The van der Waals surface area contributed by atoms with Gasteiger partial charge in [-0.3, -0.25) is 4.99 Å². The van der Waals surface area contributed by atoms with E-state index in [0.29, 0.717) is 0 Å². The Morgan fingerprint density at radius 2 is 1.60 bits per heavy atom. The summed E-state index contributed by atoms with van der Waals surface area (Å²) in [4.78, 5) is 7.04. The van der Waals surface area contributed by atoms with Crippen molar-refractivity contribution in [3.05, 3.63) is 70.6 Å². The van der Waals surface area contributed by atoms with Crippen molar-refractivity contribution in [3.63, 3.8) is 0 Å². The monoisotopic (exact) mass is 281 g/mol. The summed E-state index contributed by atoms with van der Waals surface area (Å²) < 4.78 is 0. The van der Waals surface area contributed by atoms with Crippen molar-refractivity contribution in [1.29, 1.82) is 0 Å². The smallest absolute Gasteiger partial charge is 0.0688 e. The third-order valence-corrected chi connectivity index (χ3v) is 4.11. The molecule has 0 spiro atoms. The van der Waals surface area contributed by atoms with Gasteiger partial charge in [0, 0.05) is 16.0 Å². The van der Waals surface area contributed by atoms with Crippen LogP contribution in [0.5, 0.6) is 0 Å². The Kier molecular flexibility index (Phi) is 5.19. The minimum absolute atomic E-state index is 1.07. The van der Waals surface area contributed by atoms with Crippen LogP contribution in [0.3, 0.4) is 0 Å². The second-order valence-corrected chi connectivity index (χ2v) is 5.75. The second-order valence-electron chi connectivity index (χ2n) is 4.60. The zero-order valence-electron chi connectivity index (χ0n) is 12.1. The molecule has 0 aliphatic carbocycles. The number of rotatable bonds is 4. The molecule has 0 fully saturated rings. The summed E-state index contributed by atoms with van der Waals surface area (Å²) in [5.41, 5.74) is 3.49. The SMILES string of the molecule is C/C=C(\C=Nc1c(C)cccc1C)Sc1ccccc1. The first kappa shape index (κ1) is 14.6. The van der Waals surface area contributed by atoms with Gasteiger partial charge < -0.3 is 0 Å². The largest absolute Gasteiger partial charge is 0.255 e. The summed E-state index contributed by atoms with van der Waals surface area (Å²) in [6.45, 7) is 6.24. The van der Waals surface area contributed by atoms with Crippen LogP contribution in [0.2, 0.25) is 0 Å². The van der Waals surface area contributed by atoms with Gasteiger partial charge in [0.2, 0.25) is 0 Å². The van der Waals surface area contributed by atoms with Gasteiger partial charge in [0.1, 0.15) is 0 Å². The molecular formula is C18H19NS. The number of aryl methyl sites for hydroxylation is 2. The Bertz CT molecular complexity index is 607. The average Bonchev–Trinajstić information content (AvgIpc) is 2.46. The first-order valence-corrected chi connectivity index (χ1v) is 7.52. The first-order chi connectivity index (χ1) is 9.70. The minimum Gasteiger partial charge on any atom is -0.255 e. The molecule has 0 unspecified atom stereocenters. The zero-order valence-corrected chi connectivity index (χ0v) is 12.9. The lowest BCUT2D eigenvalue weighted by atomic mass is 10.1. The van der Waals surface area contributed by atoms with Gasteiger partial charge in [-0.05, 0) is 44.0 Å². The number of hydrogen-bond acceptors (Lipinski definition) is 2. The highest BCUT2D eigenvalue weighted by Gasteiger charge is 2.00. The van der Waals surface area contributed by atoms with Gasteiger partial charge in [0.05, 0.1) is 5.69 Å². The maximum absolute atomic E-state index is 4.66. The van der Waals surface area contributed by atoms with E-state index in [1.54, 1.807) is 11.8 Å². The molecule has 0 aromatic heterocycles. The number of aliphatic imine (C=N–C) groups is 1. The van der Waals surface area contributed by atoms with E-state index in [-0.39, 0.29) is 0 Å². The number of hydrogen-bond donors (Lipinski definition) is 0. The van der Waals surface area contributed by atoms with Crippen LogP contribution in [0, 0.1) is 13.8 Å². The molecule has 0 radical (unpaired) electrons. The Labute approximate surface area is 125 Å². The normalized spacial score (nSPS) is 12.1. The molecule has 2 aromatic carbocycles. The fourth-order valence-corrected chi connectivity index (χ4v) is 2.71. The molecule has 0 amide bonds. The summed E-state index contributed by atoms with van der Waals surface area (Å²) in [7, 11) is 0. The lowest BCUT2D eigenvalue weighted by Gasteiger charge is -2.05. The van der Waals surface area contributed by atoms with Gasteiger partial charge in [-0.25, -0.2) is 0 Å². The fourth-order valence-electron chi connectivity index (χ4n) is 1.92. The third kappa shape index (κ3) is 3.84. The van der Waals surface area contributed by atoms with Crippen molar-refractivity contribution in [2.45, 2.75) is 25.7 Å². The topological polar surface area (TPSA) is 12.4 Å². The molecule has 20 heavy (non-hydrogen) atoms. The standard InChI is InChI=1S/C18H19NS/c1-4-16(20-17-11-6-5-7-12-17)13-19-18-14(2)9-8-10-15(18)3/h4-13H,1-3H3/b16-4+,19-13?. The summed E-state index contributed by atoms with van der Waals surface area (Å²) >= 11 is 1.73. The predicted molar refractivity (Wildman–Crippen MR) is 90.1 cm³/mol. The van der Waals surface area contributed by atoms with E-state index in [1.807, 2.05) is 19.2 Å². The van der Waals surface area contributed by atoms with E-state index in [0.717, 1.165) is 10.6 Å². The Balaban J connectivity index is 2.17. The van der Waals surface area contributed by atoms with Crippen molar-refractivity contribution in [3.8, 4) is 0 Å². The van der Waals surface area contributed by atoms with E-state index >= 15 is 0 Å². The van der Waals surface area contributed by atoms with E-state index in [4.69, 9.17) is 0 Å². The summed E-state index contributed by atoms with van der Waals surface area (Å²) in [6.07, 6.45) is 4.04. The summed E-state index contributed by atoms with van der Waals surface area (Å²) in [5.74, 6) is 0. The van der Waals surface area contributed by atoms with Crippen LogP contribution in [0.15, 0.2) is 69.4 Å². The van der Waals surface area contributed by atoms with Crippen LogP contribution in [0.1, 0.15) is 18.1 Å². The van der Waals surface area contributed by atoms with Gasteiger partial charge in [-0.15, -0.1) is 0 Å². The molecular weight excluding hydrogens is 262 g/mol. The summed E-state index contributed by atoms with van der Waals surface area (Å²) in [6, 6.07) is 16.6. The highest BCUT2D eigenvalue weighted by molar-refractivity contribution is 8.03. The van der Waals surface area contributed by atoms with Crippen LogP contribution in [0.4, 0.5) is 5.69 Å². The second kappa shape index (κ2) is 7.11. The Morgan fingerprint density at radius 1 is 0.950 bits per heavy atom. The number of thioether (sulfide) groups is 1. The number of benzene rings is 2. The lowest BCUT2D eigenvalue weighted by Crippen LogP contribution is -1.83.